The van der Waals surface area contributed by atoms with Crippen molar-refractivity contribution in [3.63, 3.8) is 0 Å². The molecule has 2 rings (SSSR count). The van der Waals surface area contributed by atoms with Gasteiger partial charge in [0.05, 0.1) is 11.7 Å². The quantitative estimate of drug-likeness (QED) is 0.720. The number of hydrogen-bond donors (Lipinski definition) is 1. The zero-order chi connectivity index (χ0) is 11.9. The number of nitrogens with one attached hydrogen (secondary N) is 1. The number of fused-ring (bicyclic) bond motifs is 1. The van der Waals surface area contributed by atoms with E-state index in [-0.39, 0.29) is 11.5 Å². The van der Waals surface area contributed by atoms with E-state index in [1.165, 1.54) is 11.3 Å². The van der Waals surface area contributed by atoms with E-state index in [0.29, 0.717) is 6.04 Å². The highest BCUT2D eigenvalue weighted by atomic mass is 16.5. The molecule has 0 saturated carbocycles. The molecule has 88 valence electrons. The van der Waals surface area contributed by atoms with E-state index >= 15 is 0 Å². The highest BCUT2D eigenvalue weighted by Crippen LogP contribution is 2.39. The summed E-state index contributed by atoms with van der Waals surface area (Å²) >= 11 is 0. The number of anilines is 1. The first-order chi connectivity index (χ1) is 7.39. The monoisotopic (exact) mass is 219 g/mol. The predicted molar refractivity (Wildman–Crippen MR) is 68.3 cm³/mol. The van der Waals surface area contributed by atoms with Gasteiger partial charge in [-0.15, -0.1) is 0 Å². The van der Waals surface area contributed by atoms with Crippen LogP contribution in [-0.4, -0.2) is 12.1 Å². The van der Waals surface area contributed by atoms with Gasteiger partial charge >= 0.3 is 0 Å². The zero-order valence-corrected chi connectivity index (χ0v) is 10.8. The molecule has 0 amide bonds. The Kier molecular flexibility index (Phi) is 2.61. The summed E-state index contributed by atoms with van der Waals surface area (Å²) in [6.07, 6.45) is 0.225. The molecule has 2 unspecified atom stereocenters. The molecule has 1 N–H and O–H groups in total. The van der Waals surface area contributed by atoms with Gasteiger partial charge in [0.25, 0.3) is 0 Å². The van der Waals surface area contributed by atoms with E-state index in [1.54, 1.807) is 0 Å². The predicted octanol–water partition coefficient (Wildman–Crippen LogP) is 3.57. The van der Waals surface area contributed by atoms with Gasteiger partial charge < -0.3 is 10.1 Å². The van der Waals surface area contributed by atoms with Crippen LogP contribution in [0.3, 0.4) is 0 Å². The summed E-state index contributed by atoms with van der Waals surface area (Å²) < 4.78 is 5.92. The molecule has 0 spiro atoms. The second-order valence-corrected chi connectivity index (χ2v) is 5.68. The molecule has 0 fully saturated rings. The molecule has 1 aliphatic rings. The van der Waals surface area contributed by atoms with Crippen LogP contribution in [0.1, 0.15) is 40.2 Å². The van der Waals surface area contributed by atoms with Crippen LogP contribution in [0.5, 0.6) is 5.75 Å². The van der Waals surface area contributed by atoms with Gasteiger partial charge in [0, 0.05) is 0 Å². The lowest BCUT2D eigenvalue weighted by Gasteiger charge is -2.34. The van der Waals surface area contributed by atoms with Crippen LogP contribution in [0.2, 0.25) is 0 Å². The lowest BCUT2D eigenvalue weighted by atomic mass is 9.85. The minimum atomic E-state index is 0.141. The molecule has 16 heavy (non-hydrogen) atoms. The second-order valence-electron chi connectivity index (χ2n) is 5.68. The molecule has 1 heterocycles. The van der Waals surface area contributed by atoms with E-state index in [9.17, 15) is 0 Å². The van der Waals surface area contributed by atoms with Gasteiger partial charge in [0.15, 0.2) is 0 Å². The zero-order valence-electron chi connectivity index (χ0n) is 10.8. The lowest BCUT2D eigenvalue weighted by Crippen LogP contribution is -2.38. The molecule has 2 heteroatoms. The standard InChI is InChI=1S/C14H21NO/c1-9-10(2)16-12-8-6-7-11(13(12)15-9)14(3,4)5/h6-10,15H,1-5H3. The molecular weight excluding hydrogens is 198 g/mol. The van der Waals surface area contributed by atoms with Gasteiger partial charge in [-0.3, -0.25) is 0 Å². The van der Waals surface area contributed by atoms with Gasteiger partial charge in [-0.25, -0.2) is 0 Å². The summed E-state index contributed by atoms with van der Waals surface area (Å²) in [6, 6.07) is 6.65. The summed E-state index contributed by atoms with van der Waals surface area (Å²) in [5, 5.41) is 3.56. The largest absolute Gasteiger partial charge is 0.486 e. The molecule has 2 atom stereocenters. The first-order valence-corrected chi connectivity index (χ1v) is 5.96. The summed E-state index contributed by atoms with van der Waals surface area (Å²) in [5.41, 5.74) is 2.63. The summed E-state index contributed by atoms with van der Waals surface area (Å²) in [5.74, 6) is 0.984. The van der Waals surface area contributed by atoms with E-state index in [1.807, 2.05) is 6.07 Å². The average Bonchev–Trinajstić information content (AvgIpc) is 2.17. The minimum Gasteiger partial charge on any atom is -0.486 e. The Balaban J connectivity index is 2.48. The normalized spacial score (nSPS) is 24.3. The Hall–Kier alpha value is -1.18. The Morgan fingerprint density at radius 2 is 1.88 bits per heavy atom. The average molecular weight is 219 g/mol. The topological polar surface area (TPSA) is 21.3 Å². The number of hydrogen-bond acceptors (Lipinski definition) is 2. The number of para-hydroxylation sites is 1. The molecule has 0 bridgehead atoms. The van der Waals surface area contributed by atoms with Crippen molar-refractivity contribution >= 4 is 5.69 Å². The highest BCUT2D eigenvalue weighted by molar-refractivity contribution is 5.65. The van der Waals surface area contributed by atoms with Crippen molar-refractivity contribution in [2.24, 2.45) is 0 Å². The van der Waals surface area contributed by atoms with Crippen molar-refractivity contribution in [2.75, 3.05) is 5.32 Å². The molecular formula is C14H21NO. The van der Waals surface area contributed by atoms with E-state index in [0.717, 1.165) is 5.75 Å². The summed E-state index contributed by atoms with van der Waals surface area (Å²) in [7, 11) is 0. The number of benzene rings is 1. The number of rotatable bonds is 0. The Labute approximate surface area is 98.0 Å². The fourth-order valence-corrected chi connectivity index (χ4v) is 2.05. The lowest BCUT2D eigenvalue weighted by molar-refractivity contribution is 0.193. The van der Waals surface area contributed by atoms with Crippen molar-refractivity contribution in [3.8, 4) is 5.75 Å². The van der Waals surface area contributed by atoms with Gasteiger partial charge in [-0.05, 0) is 30.9 Å². The first kappa shape index (κ1) is 11.3. The molecule has 0 aliphatic carbocycles. The van der Waals surface area contributed by atoms with Crippen molar-refractivity contribution in [2.45, 2.75) is 52.2 Å². The van der Waals surface area contributed by atoms with Crippen molar-refractivity contribution in [3.05, 3.63) is 23.8 Å². The maximum Gasteiger partial charge on any atom is 0.143 e. The molecule has 0 aromatic heterocycles. The van der Waals surface area contributed by atoms with Gasteiger partial charge in [-0.1, -0.05) is 32.9 Å². The molecule has 1 aromatic rings. The fraction of sp³-hybridized carbons (Fsp3) is 0.571. The first-order valence-electron chi connectivity index (χ1n) is 5.96. The maximum atomic E-state index is 5.92. The Morgan fingerprint density at radius 1 is 1.19 bits per heavy atom. The second kappa shape index (κ2) is 3.69. The Morgan fingerprint density at radius 3 is 2.50 bits per heavy atom. The van der Waals surface area contributed by atoms with Crippen LogP contribution in [0.15, 0.2) is 18.2 Å². The van der Waals surface area contributed by atoms with Gasteiger partial charge in [-0.2, -0.15) is 0 Å². The summed E-state index contributed by atoms with van der Waals surface area (Å²) in [4.78, 5) is 0. The molecule has 0 saturated heterocycles. The maximum absolute atomic E-state index is 5.92. The fourth-order valence-electron chi connectivity index (χ4n) is 2.05. The van der Waals surface area contributed by atoms with E-state index in [4.69, 9.17) is 4.74 Å². The van der Waals surface area contributed by atoms with Crippen LogP contribution in [0, 0.1) is 0 Å². The van der Waals surface area contributed by atoms with E-state index in [2.05, 4.69) is 52.1 Å². The highest BCUT2D eigenvalue weighted by Gasteiger charge is 2.27. The van der Waals surface area contributed by atoms with Gasteiger partial charge in [0.2, 0.25) is 0 Å². The summed E-state index contributed by atoms with van der Waals surface area (Å²) in [6.45, 7) is 10.9. The van der Waals surface area contributed by atoms with Crippen molar-refractivity contribution < 1.29 is 4.74 Å². The minimum absolute atomic E-state index is 0.141. The smallest absolute Gasteiger partial charge is 0.143 e. The molecule has 1 aliphatic heterocycles. The van der Waals surface area contributed by atoms with Crippen LogP contribution in [-0.2, 0) is 5.41 Å². The molecule has 1 aromatic carbocycles. The third-order valence-electron chi connectivity index (χ3n) is 3.22. The molecule has 0 radical (unpaired) electrons. The SMILES string of the molecule is CC1Nc2c(cccc2C(C)(C)C)OC1C. The van der Waals surface area contributed by atoms with Crippen LogP contribution < -0.4 is 10.1 Å². The van der Waals surface area contributed by atoms with E-state index < -0.39 is 0 Å². The van der Waals surface area contributed by atoms with Crippen LogP contribution in [0.4, 0.5) is 5.69 Å². The van der Waals surface area contributed by atoms with Crippen LogP contribution >= 0.6 is 0 Å². The van der Waals surface area contributed by atoms with Crippen molar-refractivity contribution in [1.29, 1.82) is 0 Å². The molecule has 2 nitrogen and oxygen atoms in total. The number of ether oxygens (including phenoxy) is 1. The van der Waals surface area contributed by atoms with Gasteiger partial charge in [0.1, 0.15) is 11.9 Å². The Bertz CT molecular complexity index is 392. The third kappa shape index (κ3) is 1.89. The van der Waals surface area contributed by atoms with Crippen molar-refractivity contribution in [1.82, 2.24) is 0 Å². The van der Waals surface area contributed by atoms with Crippen LogP contribution in [0.25, 0.3) is 0 Å². The third-order valence-corrected chi connectivity index (χ3v) is 3.22.